The molecule has 4 N–H and O–H groups in total. The van der Waals surface area contributed by atoms with Crippen LogP contribution in [-0.4, -0.2) is 108 Å². The van der Waals surface area contributed by atoms with Crippen molar-refractivity contribution in [3.63, 3.8) is 0 Å². The number of benzene rings is 1. The van der Waals surface area contributed by atoms with Crippen LogP contribution in [-0.2, 0) is 14.3 Å². The predicted molar refractivity (Wildman–Crippen MR) is 172 cm³/mol. The highest BCUT2D eigenvalue weighted by Crippen LogP contribution is 2.39. The van der Waals surface area contributed by atoms with Crippen molar-refractivity contribution < 1.29 is 33.0 Å². The number of methoxy groups -OCH3 is 2. The lowest BCUT2D eigenvalue weighted by atomic mass is 10.0. The van der Waals surface area contributed by atoms with E-state index in [0.29, 0.717) is 65.8 Å². The van der Waals surface area contributed by atoms with Gasteiger partial charge in [0.05, 0.1) is 24.8 Å². The van der Waals surface area contributed by atoms with Crippen LogP contribution in [0.2, 0.25) is 0 Å². The molecule has 0 unspecified atom stereocenters. The number of nitrogens with two attached hydrogens (primary N) is 1. The Labute approximate surface area is 273 Å². The number of aromatic nitrogens is 3. The molecule has 0 bridgehead atoms. The summed E-state index contributed by atoms with van der Waals surface area (Å²) in [5.41, 5.74) is 7.90. The number of hydrogen-bond donors (Lipinski definition) is 3. The summed E-state index contributed by atoms with van der Waals surface area (Å²) in [5, 5.41) is 3.02. The lowest BCUT2D eigenvalue weighted by Crippen LogP contribution is -2.49. The first-order chi connectivity index (χ1) is 22.7. The average Bonchev–Trinajstić information content (AvgIpc) is 3.79. The van der Waals surface area contributed by atoms with Crippen molar-refractivity contribution in [2.45, 2.75) is 57.5 Å². The molecule has 4 heterocycles. The molecular formula is C33H44FN7O6. The van der Waals surface area contributed by atoms with E-state index < -0.39 is 5.82 Å². The van der Waals surface area contributed by atoms with E-state index in [1.165, 1.54) is 39.6 Å². The molecule has 3 aliphatic rings. The number of H-pyrrole nitrogens is 1. The Bertz CT molecular complexity index is 1580. The highest BCUT2D eigenvalue weighted by Gasteiger charge is 2.27. The molecule has 0 spiro atoms. The summed E-state index contributed by atoms with van der Waals surface area (Å²) >= 11 is 0. The van der Waals surface area contributed by atoms with Gasteiger partial charge in [0.25, 0.3) is 5.91 Å². The summed E-state index contributed by atoms with van der Waals surface area (Å²) < 4.78 is 30.6. The van der Waals surface area contributed by atoms with Gasteiger partial charge in [-0.1, -0.05) is 0 Å². The highest BCUT2D eigenvalue weighted by molar-refractivity contribution is 6.08. The number of carbonyl (C=O) groups excluding carboxylic acids is 3. The monoisotopic (exact) mass is 653 g/mol. The van der Waals surface area contributed by atoms with E-state index >= 15 is 0 Å². The first-order valence-electron chi connectivity index (χ1n) is 16.1. The maximum absolute atomic E-state index is 14.7. The van der Waals surface area contributed by atoms with Gasteiger partial charge in [0.2, 0.25) is 11.8 Å². The van der Waals surface area contributed by atoms with Crippen molar-refractivity contribution in [2.75, 3.05) is 53.6 Å². The van der Waals surface area contributed by atoms with Crippen LogP contribution < -0.4 is 20.5 Å². The molecule has 6 rings (SSSR count). The number of nitrogens with one attached hydrogen (secondary N) is 2. The molecule has 3 fully saturated rings. The number of piperidine rings is 2. The molecule has 47 heavy (non-hydrogen) atoms. The Morgan fingerprint density at radius 1 is 1.04 bits per heavy atom. The molecule has 3 aromatic rings. The zero-order valence-electron chi connectivity index (χ0n) is 27.2. The molecular weight excluding hydrogens is 609 g/mol. The number of rotatable bonds is 9. The van der Waals surface area contributed by atoms with Gasteiger partial charge in [-0.3, -0.25) is 14.4 Å². The van der Waals surface area contributed by atoms with Crippen LogP contribution in [0.15, 0.2) is 24.7 Å². The molecule has 2 aromatic heterocycles. The van der Waals surface area contributed by atoms with Gasteiger partial charge in [-0.25, -0.2) is 14.4 Å². The fourth-order valence-electron chi connectivity index (χ4n) is 5.90. The molecule has 1 aromatic carbocycles. The Morgan fingerprint density at radius 3 is 2.51 bits per heavy atom. The van der Waals surface area contributed by atoms with Gasteiger partial charge in [-0.05, 0) is 50.5 Å². The molecule has 2 aliphatic heterocycles. The second-order valence-electron chi connectivity index (χ2n) is 12.3. The number of nitrogens with zero attached hydrogens (tertiary/aromatic N) is 4. The first-order valence-corrected chi connectivity index (χ1v) is 16.1. The van der Waals surface area contributed by atoms with Gasteiger partial charge < -0.3 is 40.0 Å². The molecule has 13 nitrogen and oxygen atoms in total. The molecule has 0 radical (unpaired) electrons. The molecule has 3 amide bonds. The summed E-state index contributed by atoms with van der Waals surface area (Å²) in [7, 11) is 2.94. The largest absolute Gasteiger partial charge is 0.494 e. The zero-order valence-corrected chi connectivity index (χ0v) is 27.2. The van der Waals surface area contributed by atoms with Gasteiger partial charge in [0.1, 0.15) is 29.9 Å². The smallest absolute Gasteiger partial charge is 0.255 e. The van der Waals surface area contributed by atoms with Crippen LogP contribution >= 0.6 is 0 Å². The maximum atomic E-state index is 14.7. The Kier molecular flexibility index (Phi) is 11.2. The molecule has 2 atom stereocenters. The number of hydrogen-bond acceptors (Lipinski definition) is 9. The van der Waals surface area contributed by atoms with Gasteiger partial charge in [-0.2, -0.15) is 0 Å². The minimum atomic E-state index is -0.537. The summed E-state index contributed by atoms with van der Waals surface area (Å²) in [6, 6.07) is 2.88. The van der Waals surface area contributed by atoms with Crippen molar-refractivity contribution in [3.05, 3.63) is 36.0 Å². The van der Waals surface area contributed by atoms with Crippen LogP contribution in [0.25, 0.3) is 22.3 Å². The van der Waals surface area contributed by atoms with Crippen molar-refractivity contribution in [1.82, 2.24) is 30.1 Å². The van der Waals surface area contributed by atoms with E-state index in [9.17, 15) is 18.8 Å². The number of amides is 3. The maximum Gasteiger partial charge on any atom is 0.255 e. The topological polar surface area (TPSA) is 165 Å². The quantitative estimate of drug-likeness (QED) is 0.315. The van der Waals surface area contributed by atoms with E-state index in [2.05, 4.69) is 20.3 Å². The van der Waals surface area contributed by atoms with Crippen molar-refractivity contribution in [1.29, 1.82) is 0 Å². The number of aromatic amines is 1. The number of carbonyl (C=O) groups is 3. The molecule has 2 saturated heterocycles. The average molecular weight is 654 g/mol. The standard InChI is InChI=1S/C25H28FN5O4.C8H16N2O2/c1-14(32)31-7-3-4-16(11-31)30-25(33)18-10-27-24-22(28-13-29-23(18)24)17-8-19(26)21(34-2)9-20(17)35-12-15-5-6-15;1-12-6-8(11)10-4-2-3-7(9)5-10/h8-10,13,15-16,27H,3-7,11-12H2,1-2H3,(H,30,33);7H,2-6,9H2,1H3/t16-;7-/m11/s1. The van der Waals surface area contributed by atoms with Crippen LogP contribution in [0, 0.1) is 11.7 Å². The van der Waals surface area contributed by atoms with Crippen LogP contribution in [0.1, 0.15) is 55.8 Å². The van der Waals surface area contributed by atoms with Gasteiger partial charge in [0.15, 0.2) is 11.6 Å². The zero-order chi connectivity index (χ0) is 33.5. The fraction of sp³-hybridized carbons (Fsp3) is 0.545. The Hall–Kier alpha value is -4.30. The van der Waals surface area contributed by atoms with Gasteiger partial charge in [-0.15, -0.1) is 0 Å². The second kappa shape index (κ2) is 15.5. The summed E-state index contributed by atoms with van der Waals surface area (Å²) in [6.07, 6.45) is 8.83. The van der Waals surface area contributed by atoms with Crippen molar-refractivity contribution in [3.8, 4) is 22.8 Å². The third-order valence-corrected chi connectivity index (χ3v) is 8.67. The SMILES string of the molecule is COCC(=O)N1CCC[C@@H](N)C1.COc1cc(OCC2CC2)c(-c2ncnc3c(C(=O)N[C@@H]4CCCN(C(C)=O)C4)c[nH]c23)cc1F. The van der Waals surface area contributed by atoms with Crippen LogP contribution in [0.3, 0.4) is 0 Å². The van der Waals surface area contributed by atoms with E-state index in [-0.39, 0.29) is 42.2 Å². The Balaban J connectivity index is 0.000000305. The van der Waals surface area contributed by atoms with E-state index in [1.807, 2.05) is 0 Å². The number of fused-ring (bicyclic) bond motifs is 1. The first kappa shape index (κ1) is 34.0. The fourth-order valence-corrected chi connectivity index (χ4v) is 5.90. The third-order valence-electron chi connectivity index (χ3n) is 8.67. The number of ether oxygens (including phenoxy) is 3. The van der Waals surface area contributed by atoms with Crippen molar-refractivity contribution in [2.24, 2.45) is 11.7 Å². The summed E-state index contributed by atoms with van der Waals surface area (Å²) in [4.78, 5) is 51.5. The molecule has 1 aliphatic carbocycles. The normalized spacial score (nSPS) is 19.5. The minimum Gasteiger partial charge on any atom is -0.494 e. The van der Waals surface area contributed by atoms with Gasteiger partial charge >= 0.3 is 0 Å². The Morgan fingerprint density at radius 2 is 1.81 bits per heavy atom. The highest BCUT2D eigenvalue weighted by atomic mass is 19.1. The molecule has 14 heteroatoms. The van der Waals surface area contributed by atoms with E-state index in [1.54, 1.807) is 16.0 Å². The summed E-state index contributed by atoms with van der Waals surface area (Å²) in [6.45, 7) is 4.94. The minimum absolute atomic E-state index is 0.000131. The summed E-state index contributed by atoms with van der Waals surface area (Å²) in [5.74, 6) is 0.273. The number of halogens is 1. The lowest BCUT2D eigenvalue weighted by Gasteiger charge is -2.32. The second-order valence-corrected chi connectivity index (χ2v) is 12.3. The van der Waals surface area contributed by atoms with E-state index in [0.717, 1.165) is 45.1 Å². The molecule has 254 valence electrons. The van der Waals surface area contributed by atoms with Crippen molar-refractivity contribution >= 4 is 28.8 Å². The van der Waals surface area contributed by atoms with E-state index in [4.69, 9.17) is 19.9 Å². The van der Waals surface area contributed by atoms with Gasteiger partial charge in [0, 0.05) is 70.1 Å². The predicted octanol–water partition coefficient (Wildman–Crippen LogP) is 2.88. The number of likely N-dealkylation sites (tertiary alicyclic amines) is 2. The van der Waals surface area contributed by atoms with Crippen LogP contribution in [0.5, 0.6) is 11.5 Å². The third kappa shape index (κ3) is 8.55. The lowest BCUT2D eigenvalue weighted by molar-refractivity contribution is -0.136. The van der Waals surface area contributed by atoms with Crippen LogP contribution in [0.4, 0.5) is 4.39 Å². The molecule has 1 saturated carbocycles.